The average Bonchev–Trinajstić information content (AvgIpc) is 2.75. The number of nitrogens with zero attached hydrogens (tertiary/aromatic N) is 1. The zero-order valence-corrected chi connectivity index (χ0v) is 18.6. The minimum absolute atomic E-state index is 0.0596. The van der Waals surface area contributed by atoms with Gasteiger partial charge in [-0.3, -0.25) is 9.59 Å². The summed E-state index contributed by atoms with van der Waals surface area (Å²) in [5.41, 5.74) is -3.86. The van der Waals surface area contributed by atoms with Crippen LogP contribution in [0.4, 0.5) is 22.0 Å². The molecular weight excluding hydrogens is 453 g/mol. The van der Waals surface area contributed by atoms with Crippen LogP contribution in [0, 0.1) is 5.92 Å². The highest BCUT2D eigenvalue weighted by Gasteiger charge is 2.81. The molecule has 33 heavy (non-hydrogen) atoms. The molecule has 0 spiro atoms. The SMILES string of the molecule is CC(C)C[C@](C(=O)O)(c1ccccc1)[C@@](F)(N(C=O)OC1CCCCO1)C(F)(F)C(C)(F)F. The third-order valence-corrected chi connectivity index (χ3v) is 5.65. The molecule has 1 aromatic rings. The number of hydroxylamine groups is 2. The molecule has 1 fully saturated rings. The van der Waals surface area contributed by atoms with Crippen LogP contribution in [0.1, 0.15) is 52.0 Å². The number of alkyl halides is 5. The van der Waals surface area contributed by atoms with Gasteiger partial charge in [0.15, 0.2) is 11.7 Å². The van der Waals surface area contributed by atoms with Gasteiger partial charge in [0.1, 0.15) is 0 Å². The molecular formula is C22H28F5NO5. The van der Waals surface area contributed by atoms with Crippen molar-refractivity contribution in [3.63, 3.8) is 0 Å². The predicted molar refractivity (Wildman–Crippen MR) is 107 cm³/mol. The van der Waals surface area contributed by atoms with E-state index in [9.17, 15) is 23.5 Å². The first-order valence-corrected chi connectivity index (χ1v) is 10.5. The Bertz CT molecular complexity index is 813. The number of carboxylic acids is 1. The van der Waals surface area contributed by atoms with Crippen molar-refractivity contribution < 1.29 is 46.2 Å². The van der Waals surface area contributed by atoms with Gasteiger partial charge in [-0.05, 0) is 30.7 Å². The van der Waals surface area contributed by atoms with Gasteiger partial charge in [0.25, 0.3) is 5.79 Å². The van der Waals surface area contributed by atoms with Gasteiger partial charge in [-0.15, -0.1) is 0 Å². The molecule has 1 N–H and O–H groups in total. The zero-order valence-electron chi connectivity index (χ0n) is 18.6. The smallest absolute Gasteiger partial charge is 0.364 e. The summed E-state index contributed by atoms with van der Waals surface area (Å²) < 4.78 is 81.7. The van der Waals surface area contributed by atoms with Crippen LogP contribution in [0.3, 0.4) is 0 Å². The molecule has 186 valence electrons. The molecule has 2 rings (SSSR count). The van der Waals surface area contributed by atoms with Crippen LogP contribution in [0.25, 0.3) is 0 Å². The lowest BCUT2D eigenvalue weighted by Crippen LogP contribution is -2.75. The standard InChI is InChI=1S/C22H28F5NO5/c1-15(2)13-20(18(30)31,16-9-5-4-6-10-16)22(27,21(25,26)19(3,23)24)28(14-29)33-17-11-7-8-12-32-17/h4-6,9-10,14-15,17H,7-8,11-13H2,1-3H3,(H,30,31)/t17?,20-,22-/m1/s1. The normalized spacial score (nSPS) is 21.2. The van der Waals surface area contributed by atoms with Crippen molar-refractivity contribution in [2.45, 2.75) is 75.8 Å². The summed E-state index contributed by atoms with van der Waals surface area (Å²) in [7, 11) is 0. The topological polar surface area (TPSA) is 76.1 Å². The number of benzene rings is 1. The highest BCUT2D eigenvalue weighted by Crippen LogP contribution is 2.57. The summed E-state index contributed by atoms with van der Waals surface area (Å²) in [6, 6.07) is 6.00. The highest BCUT2D eigenvalue weighted by atomic mass is 19.3. The van der Waals surface area contributed by atoms with Gasteiger partial charge in [-0.2, -0.15) is 13.8 Å². The van der Waals surface area contributed by atoms with Gasteiger partial charge in [0.2, 0.25) is 6.41 Å². The number of aliphatic carboxylic acids is 1. The Morgan fingerprint density at radius 1 is 1.21 bits per heavy atom. The summed E-state index contributed by atoms with van der Waals surface area (Å²) in [5, 5.41) is 9.57. The van der Waals surface area contributed by atoms with Gasteiger partial charge < -0.3 is 9.84 Å². The number of carbonyl (C=O) groups excluding carboxylic acids is 1. The van der Waals surface area contributed by atoms with Crippen molar-refractivity contribution >= 4 is 12.4 Å². The van der Waals surface area contributed by atoms with E-state index in [4.69, 9.17) is 9.57 Å². The van der Waals surface area contributed by atoms with E-state index < -0.39 is 64.7 Å². The van der Waals surface area contributed by atoms with Gasteiger partial charge in [-0.25, -0.2) is 18.0 Å². The molecule has 0 saturated carbocycles. The predicted octanol–water partition coefficient (Wildman–Crippen LogP) is 4.93. The second-order valence-electron chi connectivity index (χ2n) is 8.59. The van der Waals surface area contributed by atoms with Crippen LogP contribution in [-0.2, 0) is 24.6 Å². The van der Waals surface area contributed by atoms with Crippen molar-refractivity contribution in [2.24, 2.45) is 5.92 Å². The molecule has 11 heteroatoms. The third kappa shape index (κ3) is 4.70. The van der Waals surface area contributed by atoms with Gasteiger partial charge in [0.05, 0.1) is 0 Å². The third-order valence-electron chi connectivity index (χ3n) is 5.65. The molecule has 0 radical (unpaired) electrons. The zero-order chi connectivity index (χ0) is 25.1. The summed E-state index contributed by atoms with van der Waals surface area (Å²) in [6.07, 6.45) is -1.68. The van der Waals surface area contributed by atoms with E-state index in [0.29, 0.717) is 12.8 Å². The van der Waals surface area contributed by atoms with Crippen LogP contribution in [0.15, 0.2) is 30.3 Å². The summed E-state index contributed by atoms with van der Waals surface area (Å²) in [6.45, 7) is 2.69. The minimum atomic E-state index is -5.70. The highest BCUT2D eigenvalue weighted by molar-refractivity contribution is 5.84. The number of carboxylic acid groups (broad SMARTS) is 1. The molecule has 0 bridgehead atoms. The van der Waals surface area contributed by atoms with Gasteiger partial charge in [0, 0.05) is 20.0 Å². The summed E-state index contributed by atoms with van der Waals surface area (Å²) >= 11 is 0. The molecule has 6 nitrogen and oxygen atoms in total. The van der Waals surface area contributed by atoms with Crippen LogP contribution < -0.4 is 0 Å². The molecule has 1 aliphatic heterocycles. The number of carbonyl (C=O) groups is 2. The maximum Gasteiger partial charge on any atom is 0.364 e. The van der Waals surface area contributed by atoms with Crippen LogP contribution in [0.2, 0.25) is 0 Å². The Morgan fingerprint density at radius 3 is 2.24 bits per heavy atom. The summed E-state index contributed by atoms with van der Waals surface area (Å²) in [5.74, 6) is -18.5. The van der Waals surface area contributed by atoms with Gasteiger partial charge in [-0.1, -0.05) is 44.2 Å². The first-order valence-electron chi connectivity index (χ1n) is 10.5. The molecule has 3 atom stereocenters. The van der Waals surface area contributed by atoms with Crippen molar-refractivity contribution in [3.05, 3.63) is 35.9 Å². The first kappa shape index (κ1) is 27.0. The monoisotopic (exact) mass is 481 g/mol. The second-order valence-corrected chi connectivity index (χ2v) is 8.59. The lowest BCUT2D eigenvalue weighted by Gasteiger charge is -2.51. The van der Waals surface area contributed by atoms with Crippen molar-refractivity contribution in [2.75, 3.05) is 6.61 Å². The van der Waals surface area contributed by atoms with E-state index in [-0.39, 0.29) is 20.0 Å². The molecule has 1 saturated heterocycles. The molecule has 1 amide bonds. The molecule has 0 aliphatic carbocycles. The van der Waals surface area contributed by atoms with E-state index in [2.05, 4.69) is 0 Å². The Morgan fingerprint density at radius 2 is 1.82 bits per heavy atom. The number of halogens is 5. The fraction of sp³-hybridized carbons (Fsp3) is 0.636. The molecule has 0 aromatic heterocycles. The van der Waals surface area contributed by atoms with Crippen molar-refractivity contribution in [1.29, 1.82) is 0 Å². The largest absolute Gasteiger partial charge is 0.480 e. The number of ether oxygens (including phenoxy) is 1. The average molecular weight is 481 g/mol. The Labute approximate surface area is 188 Å². The van der Waals surface area contributed by atoms with E-state index >= 15 is 13.2 Å². The Kier molecular flexibility index (Phi) is 8.11. The molecule has 1 aromatic carbocycles. The molecule has 1 aliphatic rings. The molecule has 1 heterocycles. The number of amides is 1. The van der Waals surface area contributed by atoms with Crippen LogP contribution in [0.5, 0.6) is 0 Å². The fourth-order valence-electron chi connectivity index (χ4n) is 4.11. The Balaban J connectivity index is 2.89. The quantitative estimate of drug-likeness (QED) is 0.210. The number of hydrogen-bond acceptors (Lipinski definition) is 4. The van der Waals surface area contributed by atoms with Crippen molar-refractivity contribution in [3.8, 4) is 0 Å². The second kappa shape index (κ2) is 9.92. The van der Waals surface area contributed by atoms with E-state index in [1.165, 1.54) is 32.0 Å². The molecule has 1 unspecified atom stereocenters. The first-order chi connectivity index (χ1) is 15.3. The van der Waals surface area contributed by atoms with Crippen LogP contribution >= 0.6 is 0 Å². The Hall–Kier alpha value is -2.27. The number of hydrogen-bond donors (Lipinski definition) is 1. The van der Waals surface area contributed by atoms with E-state index in [0.717, 1.165) is 12.1 Å². The number of rotatable bonds is 11. The van der Waals surface area contributed by atoms with Crippen LogP contribution in [-0.4, -0.2) is 53.1 Å². The fourth-order valence-corrected chi connectivity index (χ4v) is 4.11. The maximum atomic E-state index is 17.0. The van der Waals surface area contributed by atoms with E-state index in [1.807, 2.05) is 0 Å². The van der Waals surface area contributed by atoms with Gasteiger partial charge >= 0.3 is 17.8 Å². The maximum absolute atomic E-state index is 17.0. The van der Waals surface area contributed by atoms with Crippen molar-refractivity contribution in [1.82, 2.24) is 5.06 Å². The van der Waals surface area contributed by atoms with E-state index in [1.54, 1.807) is 0 Å². The lowest BCUT2D eigenvalue weighted by atomic mass is 9.64. The minimum Gasteiger partial charge on any atom is -0.480 e. The lowest BCUT2D eigenvalue weighted by molar-refractivity contribution is -0.400. The summed E-state index contributed by atoms with van der Waals surface area (Å²) in [4.78, 5) is 29.6.